The average Bonchev–Trinajstić information content (AvgIpc) is 2.96. The fourth-order valence-electron chi connectivity index (χ4n) is 2.08. The Hall–Kier alpha value is -1.14. The zero-order chi connectivity index (χ0) is 14.7. The van der Waals surface area contributed by atoms with Gasteiger partial charge in [-0.2, -0.15) is 10.2 Å². The Bertz CT molecular complexity index is 570. The highest BCUT2D eigenvalue weighted by Crippen LogP contribution is 2.21. The predicted molar refractivity (Wildman–Crippen MR) is 83.6 cm³/mol. The summed E-state index contributed by atoms with van der Waals surface area (Å²) >= 11 is 3.62. The van der Waals surface area contributed by atoms with Crippen LogP contribution in [-0.2, 0) is 19.6 Å². The molecule has 0 fully saturated rings. The first-order valence-electron chi connectivity index (χ1n) is 6.97. The maximum atomic E-state index is 4.51. The van der Waals surface area contributed by atoms with E-state index < -0.39 is 0 Å². The first-order chi connectivity index (χ1) is 9.51. The Morgan fingerprint density at radius 3 is 2.80 bits per heavy atom. The second kappa shape index (κ2) is 6.54. The first kappa shape index (κ1) is 15.3. The van der Waals surface area contributed by atoms with E-state index in [0.717, 1.165) is 35.5 Å². The molecular weight excluding hydrogens is 318 g/mol. The third kappa shape index (κ3) is 3.49. The number of rotatable bonds is 6. The molecule has 0 bridgehead atoms. The van der Waals surface area contributed by atoms with E-state index in [9.17, 15) is 0 Å². The minimum atomic E-state index is 0.483. The molecule has 2 aromatic heterocycles. The highest BCUT2D eigenvalue weighted by Gasteiger charge is 2.13. The Morgan fingerprint density at radius 1 is 1.40 bits per heavy atom. The summed E-state index contributed by atoms with van der Waals surface area (Å²) in [5.41, 5.74) is 3.39. The molecule has 0 aromatic carbocycles. The summed E-state index contributed by atoms with van der Waals surface area (Å²) in [5, 5.41) is 12.3. The van der Waals surface area contributed by atoms with Crippen molar-refractivity contribution >= 4 is 15.9 Å². The van der Waals surface area contributed by atoms with Crippen LogP contribution in [0.1, 0.15) is 37.7 Å². The molecule has 0 aliphatic heterocycles. The Balaban J connectivity index is 2.10. The molecule has 6 heteroatoms. The van der Waals surface area contributed by atoms with E-state index in [4.69, 9.17) is 0 Å². The summed E-state index contributed by atoms with van der Waals surface area (Å²) < 4.78 is 5.06. The molecule has 110 valence electrons. The van der Waals surface area contributed by atoms with Crippen molar-refractivity contribution < 1.29 is 0 Å². The minimum Gasteiger partial charge on any atom is -0.310 e. The number of nitrogens with zero attached hydrogens (tertiary/aromatic N) is 4. The number of hydrogen-bond acceptors (Lipinski definition) is 3. The van der Waals surface area contributed by atoms with Crippen molar-refractivity contribution in [1.82, 2.24) is 24.9 Å². The lowest BCUT2D eigenvalue weighted by Gasteiger charge is -2.06. The molecule has 0 spiro atoms. The molecule has 0 amide bonds. The van der Waals surface area contributed by atoms with Gasteiger partial charge in [-0.25, -0.2) is 0 Å². The summed E-state index contributed by atoms with van der Waals surface area (Å²) in [4.78, 5) is 0. The molecule has 20 heavy (non-hydrogen) atoms. The number of aromatic nitrogens is 4. The van der Waals surface area contributed by atoms with Crippen molar-refractivity contribution in [2.75, 3.05) is 0 Å². The van der Waals surface area contributed by atoms with Crippen LogP contribution in [0.4, 0.5) is 0 Å². The van der Waals surface area contributed by atoms with Crippen LogP contribution < -0.4 is 5.32 Å². The lowest BCUT2D eigenvalue weighted by atomic mass is 10.3. The van der Waals surface area contributed by atoms with Crippen molar-refractivity contribution in [1.29, 1.82) is 0 Å². The van der Waals surface area contributed by atoms with E-state index in [-0.39, 0.29) is 0 Å². The molecule has 2 aromatic rings. The molecule has 5 nitrogen and oxygen atoms in total. The molecule has 0 aliphatic carbocycles. The van der Waals surface area contributed by atoms with E-state index in [1.165, 1.54) is 5.56 Å². The van der Waals surface area contributed by atoms with E-state index in [0.29, 0.717) is 6.04 Å². The normalized spacial score (nSPS) is 11.5. The largest absolute Gasteiger partial charge is 0.310 e. The third-order valence-corrected chi connectivity index (χ3v) is 4.20. The summed E-state index contributed by atoms with van der Waals surface area (Å²) in [7, 11) is 0. The molecule has 0 saturated carbocycles. The monoisotopic (exact) mass is 339 g/mol. The lowest BCUT2D eigenvalue weighted by molar-refractivity contribution is 0.571. The van der Waals surface area contributed by atoms with Crippen LogP contribution in [0.5, 0.6) is 0 Å². The first-order valence-corrected chi connectivity index (χ1v) is 7.77. The van der Waals surface area contributed by atoms with E-state index in [2.05, 4.69) is 58.4 Å². The minimum absolute atomic E-state index is 0.483. The Morgan fingerprint density at radius 2 is 2.15 bits per heavy atom. The van der Waals surface area contributed by atoms with Crippen LogP contribution in [0.15, 0.2) is 16.9 Å². The van der Waals surface area contributed by atoms with Crippen LogP contribution in [-0.4, -0.2) is 25.6 Å². The predicted octanol–water partition coefficient (Wildman–Crippen LogP) is 2.72. The molecule has 0 aliphatic rings. The Kier molecular flexibility index (Phi) is 4.99. The van der Waals surface area contributed by atoms with E-state index >= 15 is 0 Å². The van der Waals surface area contributed by atoms with Gasteiger partial charge in [0.15, 0.2) is 0 Å². The zero-order valence-corrected chi connectivity index (χ0v) is 14.1. The fraction of sp³-hybridized carbons (Fsp3) is 0.571. The van der Waals surface area contributed by atoms with Gasteiger partial charge < -0.3 is 5.32 Å². The van der Waals surface area contributed by atoms with Gasteiger partial charge in [-0.05, 0) is 29.8 Å². The molecule has 0 saturated heterocycles. The second-order valence-corrected chi connectivity index (χ2v) is 6.04. The fourth-order valence-corrected chi connectivity index (χ4v) is 2.49. The number of halogens is 1. The standard InChI is InChI=1S/C14H22BrN5/c1-5-20-13(14(15)11(4)18-20)9-19-8-12(7-17-19)6-16-10(2)3/h7-8,10,16H,5-6,9H2,1-4H3. The SMILES string of the molecule is CCn1nc(C)c(Br)c1Cn1cc(CNC(C)C)cn1. The zero-order valence-electron chi connectivity index (χ0n) is 12.5. The van der Waals surface area contributed by atoms with Gasteiger partial charge in [0.05, 0.1) is 28.6 Å². The van der Waals surface area contributed by atoms with Crippen molar-refractivity contribution in [2.24, 2.45) is 0 Å². The lowest BCUT2D eigenvalue weighted by Crippen LogP contribution is -2.21. The summed E-state index contributed by atoms with van der Waals surface area (Å²) in [5.74, 6) is 0. The molecule has 1 N–H and O–H groups in total. The topological polar surface area (TPSA) is 47.7 Å². The highest BCUT2D eigenvalue weighted by molar-refractivity contribution is 9.10. The van der Waals surface area contributed by atoms with Gasteiger partial charge >= 0.3 is 0 Å². The average molecular weight is 340 g/mol. The van der Waals surface area contributed by atoms with Crippen molar-refractivity contribution in [2.45, 2.75) is 53.4 Å². The summed E-state index contributed by atoms with van der Waals surface area (Å²) in [6, 6.07) is 0.483. The van der Waals surface area contributed by atoms with E-state index in [1.54, 1.807) is 0 Å². The molecule has 2 heterocycles. The maximum Gasteiger partial charge on any atom is 0.0839 e. The number of aryl methyl sites for hydroxylation is 2. The van der Waals surface area contributed by atoms with Crippen LogP contribution >= 0.6 is 15.9 Å². The highest BCUT2D eigenvalue weighted by atomic mass is 79.9. The van der Waals surface area contributed by atoms with Gasteiger partial charge in [-0.1, -0.05) is 13.8 Å². The van der Waals surface area contributed by atoms with E-state index in [1.807, 2.05) is 22.5 Å². The van der Waals surface area contributed by atoms with Crippen molar-refractivity contribution in [3.63, 3.8) is 0 Å². The molecule has 0 unspecified atom stereocenters. The van der Waals surface area contributed by atoms with Gasteiger partial charge in [-0.3, -0.25) is 9.36 Å². The summed E-state index contributed by atoms with van der Waals surface area (Å²) in [6.45, 7) is 10.9. The Labute approximate surface area is 128 Å². The number of hydrogen-bond donors (Lipinski definition) is 1. The molecular formula is C14H22BrN5. The molecule has 0 radical (unpaired) electrons. The quantitative estimate of drug-likeness (QED) is 0.880. The van der Waals surface area contributed by atoms with Gasteiger partial charge in [0, 0.05) is 30.9 Å². The van der Waals surface area contributed by atoms with Crippen LogP contribution in [0.3, 0.4) is 0 Å². The van der Waals surface area contributed by atoms with Crippen LogP contribution in [0.2, 0.25) is 0 Å². The maximum absolute atomic E-state index is 4.51. The smallest absolute Gasteiger partial charge is 0.0839 e. The number of nitrogens with one attached hydrogen (secondary N) is 1. The van der Waals surface area contributed by atoms with Gasteiger partial charge in [0.25, 0.3) is 0 Å². The van der Waals surface area contributed by atoms with Crippen molar-refractivity contribution in [3.05, 3.63) is 33.8 Å². The van der Waals surface area contributed by atoms with Crippen LogP contribution in [0, 0.1) is 6.92 Å². The molecule has 0 atom stereocenters. The second-order valence-electron chi connectivity index (χ2n) is 5.24. The van der Waals surface area contributed by atoms with Crippen molar-refractivity contribution in [3.8, 4) is 0 Å². The van der Waals surface area contributed by atoms with Gasteiger partial charge in [-0.15, -0.1) is 0 Å². The third-order valence-electron chi connectivity index (χ3n) is 3.17. The summed E-state index contributed by atoms with van der Waals surface area (Å²) in [6.07, 6.45) is 4.01. The van der Waals surface area contributed by atoms with Crippen LogP contribution in [0.25, 0.3) is 0 Å². The van der Waals surface area contributed by atoms with Gasteiger partial charge in [0.2, 0.25) is 0 Å². The molecule has 2 rings (SSSR count). The van der Waals surface area contributed by atoms with Gasteiger partial charge in [0.1, 0.15) is 0 Å².